The fourth-order valence-corrected chi connectivity index (χ4v) is 2.77. The molecule has 0 saturated heterocycles. The zero-order valence-electron chi connectivity index (χ0n) is 14.0. The predicted octanol–water partition coefficient (Wildman–Crippen LogP) is 0.848. The van der Waals surface area contributed by atoms with Gasteiger partial charge in [-0.1, -0.05) is 6.07 Å². The Morgan fingerprint density at radius 2 is 1.86 bits per heavy atom. The van der Waals surface area contributed by atoms with E-state index in [1.165, 1.54) is 42.5 Å². The molecule has 0 aliphatic heterocycles. The van der Waals surface area contributed by atoms with Crippen LogP contribution < -0.4 is 16.2 Å². The van der Waals surface area contributed by atoms with E-state index in [2.05, 4.69) is 15.4 Å². The summed E-state index contributed by atoms with van der Waals surface area (Å²) in [7, 11) is -3.82. The van der Waals surface area contributed by atoms with Gasteiger partial charge in [0.15, 0.2) is 0 Å². The largest absolute Gasteiger partial charge is 0.368 e. The number of carbonyl (C=O) groups excluding carboxylic acids is 1. The van der Waals surface area contributed by atoms with Crippen molar-refractivity contribution in [3.8, 4) is 0 Å². The molecule has 0 bridgehead atoms. The van der Waals surface area contributed by atoms with Gasteiger partial charge in [-0.2, -0.15) is 9.67 Å². The average molecular weight is 403 g/mol. The van der Waals surface area contributed by atoms with Crippen molar-refractivity contribution in [2.24, 2.45) is 5.14 Å². The van der Waals surface area contributed by atoms with Crippen LogP contribution in [0, 0.1) is 10.1 Å². The molecule has 0 aliphatic rings. The van der Waals surface area contributed by atoms with Gasteiger partial charge < -0.3 is 11.1 Å². The van der Waals surface area contributed by atoms with Crippen LogP contribution in [0.4, 0.5) is 23.3 Å². The van der Waals surface area contributed by atoms with E-state index in [-0.39, 0.29) is 28.0 Å². The van der Waals surface area contributed by atoms with Crippen molar-refractivity contribution in [1.29, 1.82) is 0 Å². The number of primary sulfonamides is 1. The highest BCUT2D eigenvalue weighted by Crippen LogP contribution is 2.19. The van der Waals surface area contributed by atoms with Gasteiger partial charge in [-0.25, -0.2) is 13.6 Å². The molecule has 0 aliphatic carbocycles. The second-order valence-electron chi connectivity index (χ2n) is 5.51. The van der Waals surface area contributed by atoms with Crippen molar-refractivity contribution in [2.75, 3.05) is 11.1 Å². The topological polar surface area (TPSA) is 189 Å². The third-order valence-corrected chi connectivity index (χ3v) is 4.50. The number of nitrogens with two attached hydrogens (primary N) is 2. The zero-order chi connectivity index (χ0) is 20.5. The van der Waals surface area contributed by atoms with Crippen molar-refractivity contribution in [2.45, 2.75) is 4.90 Å². The number of hydrogen-bond donors (Lipinski definition) is 3. The number of rotatable bonds is 5. The highest BCUT2D eigenvalue weighted by Gasteiger charge is 2.18. The molecule has 0 fully saturated rings. The highest BCUT2D eigenvalue weighted by atomic mass is 32.2. The third-order valence-electron chi connectivity index (χ3n) is 3.57. The Labute approximate surface area is 158 Å². The van der Waals surface area contributed by atoms with Crippen LogP contribution in [-0.4, -0.2) is 34.0 Å². The molecule has 0 spiro atoms. The average Bonchev–Trinajstić information content (AvgIpc) is 3.01. The number of benzene rings is 2. The number of nitrogens with one attached hydrogen (secondary N) is 1. The predicted molar refractivity (Wildman–Crippen MR) is 98.4 cm³/mol. The molecular formula is C15H13N7O5S. The van der Waals surface area contributed by atoms with Crippen LogP contribution in [-0.2, 0) is 10.0 Å². The lowest BCUT2D eigenvalue weighted by molar-refractivity contribution is -0.384. The van der Waals surface area contributed by atoms with Crippen molar-refractivity contribution in [1.82, 2.24) is 14.8 Å². The fraction of sp³-hybridized carbons (Fsp3) is 0. The maximum absolute atomic E-state index is 12.5. The van der Waals surface area contributed by atoms with Gasteiger partial charge >= 0.3 is 0 Å². The first-order valence-corrected chi connectivity index (χ1v) is 9.11. The molecule has 0 unspecified atom stereocenters. The minimum atomic E-state index is -3.82. The second-order valence-corrected chi connectivity index (χ2v) is 7.07. The summed E-state index contributed by atoms with van der Waals surface area (Å²) in [6.07, 6.45) is 0. The molecule has 3 aromatic rings. The van der Waals surface area contributed by atoms with E-state index in [4.69, 9.17) is 10.9 Å². The van der Waals surface area contributed by atoms with E-state index >= 15 is 0 Å². The number of hydrogen-bond acceptors (Lipinski definition) is 9. The Hall–Kier alpha value is -3.84. The van der Waals surface area contributed by atoms with Gasteiger partial charge in [0, 0.05) is 23.4 Å². The summed E-state index contributed by atoms with van der Waals surface area (Å²) < 4.78 is 23.3. The number of carbonyl (C=O) groups is 1. The molecule has 1 heterocycles. The number of nitrogens with zero attached hydrogens (tertiary/aromatic N) is 4. The van der Waals surface area contributed by atoms with E-state index < -0.39 is 20.9 Å². The molecule has 3 rings (SSSR count). The first-order valence-electron chi connectivity index (χ1n) is 7.57. The minimum Gasteiger partial charge on any atom is -0.368 e. The summed E-state index contributed by atoms with van der Waals surface area (Å²) in [5.41, 5.74) is 5.89. The number of nitro groups is 1. The Kier molecular flexibility index (Phi) is 4.77. The Balaban J connectivity index is 1.84. The van der Waals surface area contributed by atoms with E-state index in [1.807, 2.05) is 0 Å². The molecule has 28 heavy (non-hydrogen) atoms. The normalized spacial score (nSPS) is 11.2. The molecular weight excluding hydrogens is 390 g/mol. The Morgan fingerprint density at radius 3 is 2.46 bits per heavy atom. The van der Waals surface area contributed by atoms with Crippen LogP contribution in [0.5, 0.6) is 0 Å². The number of anilines is 3. The smallest absolute Gasteiger partial charge is 0.281 e. The summed E-state index contributed by atoms with van der Waals surface area (Å²) in [6.45, 7) is 0. The standard InChI is InChI=1S/C15H13N7O5S/c16-14-19-15(18-10-4-6-12(7-5-10)28(17,26)27)20-21(14)13(23)9-2-1-3-11(8-9)22(24)25/h1-8H,(H2,17,26,27)(H3,16,18,19,20). The maximum atomic E-state index is 12.5. The van der Waals surface area contributed by atoms with Gasteiger partial charge in [-0.15, -0.1) is 5.10 Å². The molecule has 13 heteroatoms. The monoisotopic (exact) mass is 403 g/mol. The summed E-state index contributed by atoms with van der Waals surface area (Å²) in [5.74, 6) is -0.967. The van der Waals surface area contributed by atoms with E-state index in [0.29, 0.717) is 5.69 Å². The molecule has 144 valence electrons. The summed E-state index contributed by atoms with van der Waals surface area (Å²) >= 11 is 0. The van der Waals surface area contributed by atoms with Crippen LogP contribution in [0.3, 0.4) is 0 Å². The zero-order valence-corrected chi connectivity index (χ0v) is 14.8. The molecule has 2 aromatic carbocycles. The fourth-order valence-electron chi connectivity index (χ4n) is 2.26. The first kappa shape index (κ1) is 18.9. The first-order chi connectivity index (χ1) is 13.1. The number of non-ortho nitro benzene ring substituents is 1. The number of sulfonamides is 1. The van der Waals surface area contributed by atoms with Gasteiger partial charge in [0.05, 0.1) is 9.82 Å². The Morgan fingerprint density at radius 1 is 1.18 bits per heavy atom. The minimum absolute atomic E-state index is 0.00913. The third kappa shape index (κ3) is 3.94. The molecule has 0 amide bonds. The lowest BCUT2D eigenvalue weighted by Crippen LogP contribution is -2.16. The SMILES string of the molecule is Nc1nc(Nc2ccc(S(N)(=O)=O)cc2)nn1C(=O)c1cccc([N+](=O)[O-])c1. The molecule has 0 atom stereocenters. The van der Waals surface area contributed by atoms with Gasteiger partial charge in [0.2, 0.25) is 21.9 Å². The van der Waals surface area contributed by atoms with Gasteiger partial charge in [-0.05, 0) is 30.3 Å². The van der Waals surface area contributed by atoms with Crippen molar-refractivity contribution < 1.29 is 18.1 Å². The molecule has 1 aromatic heterocycles. The quantitative estimate of drug-likeness (QED) is 0.409. The van der Waals surface area contributed by atoms with Crippen molar-refractivity contribution >= 4 is 39.2 Å². The van der Waals surface area contributed by atoms with Crippen LogP contribution in [0.2, 0.25) is 0 Å². The van der Waals surface area contributed by atoms with Gasteiger partial charge in [-0.3, -0.25) is 14.9 Å². The number of nitrogen functional groups attached to an aromatic ring is 1. The maximum Gasteiger partial charge on any atom is 0.281 e. The van der Waals surface area contributed by atoms with Crippen LogP contribution >= 0.6 is 0 Å². The highest BCUT2D eigenvalue weighted by molar-refractivity contribution is 7.89. The molecule has 12 nitrogen and oxygen atoms in total. The molecule has 0 saturated carbocycles. The lowest BCUT2D eigenvalue weighted by atomic mass is 10.2. The van der Waals surface area contributed by atoms with Crippen LogP contribution in [0.1, 0.15) is 10.4 Å². The van der Waals surface area contributed by atoms with Crippen LogP contribution in [0.15, 0.2) is 53.4 Å². The van der Waals surface area contributed by atoms with E-state index in [0.717, 1.165) is 10.7 Å². The van der Waals surface area contributed by atoms with Gasteiger partial charge in [0.25, 0.3) is 11.6 Å². The number of nitro benzene ring substituents is 1. The number of aromatic nitrogens is 3. The van der Waals surface area contributed by atoms with Gasteiger partial charge in [0.1, 0.15) is 0 Å². The van der Waals surface area contributed by atoms with Crippen molar-refractivity contribution in [3.63, 3.8) is 0 Å². The van der Waals surface area contributed by atoms with E-state index in [9.17, 15) is 23.3 Å². The molecule has 0 radical (unpaired) electrons. The Bertz CT molecular complexity index is 1170. The summed E-state index contributed by atoms with van der Waals surface area (Å²) in [5, 5.41) is 22.6. The summed E-state index contributed by atoms with van der Waals surface area (Å²) in [4.78, 5) is 26.6. The molecule has 5 N–H and O–H groups in total. The second kappa shape index (κ2) is 7.05. The van der Waals surface area contributed by atoms with Crippen molar-refractivity contribution in [3.05, 3.63) is 64.2 Å². The van der Waals surface area contributed by atoms with E-state index in [1.54, 1.807) is 0 Å². The summed E-state index contributed by atoms with van der Waals surface area (Å²) in [6, 6.07) is 10.5. The lowest BCUT2D eigenvalue weighted by Gasteiger charge is -2.03. The van der Waals surface area contributed by atoms with Crippen LogP contribution in [0.25, 0.3) is 0 Å².